The average Bonchev–Trinajstić information content (AvgIpc) is 2.99. The molecule has 3 amide bonds. The number of carbonyl (C=O) groups is 2. The van der Waals surface area contributed by atoms with Gasteiger partial charge in [0.1, 0.15) is 5.82 Å². The topological polar surface area (TPSA) is 73.8 Å². The number of benzene rings is 2. The Balaban J connectivity index is 1.54. The van der Waals surface area contributed by atoms with Crippen LogP contribution in [-0.2, 0) is 11.3 Å². The van der Waals surface area contributed by atoms with Gasteiger partial charge < -0.3 is 10.6 Å². The van der Waals surface area contributed by atoms with Crippen LogP contribution in [0, 0.1) is 18.7 Å². The number of rotatable bonds is 7. The Hall–Kier alpha value is -3.22. The first-order valence-electron chi connectivity index (χ1n) is 9.71. The van der Waals surface area contributed by atoms with Crippen molar-refractivity contribution in [1.82, 2.24) is 10.3 Å². The molecular weight excluding hydrogens is 371 g/mol. The van der Waals surface area contributed by atoms with E-state index < -0.39 is 11.8 Å². The van der Waals surface area contributed by atoms with E-state index in [9.17, 15) is 14.0 Å². The summed E-state index contributed by atoms with van der Waals surface area (Å²) >= 11 is 0. The molecule has 7 heteroatoms. The Bertz CT molecular complexity index is 929. The van der Waals surface area contributed by atoms with Crippen molar-refractivity contribution in [3.63, 3.8) is 0 Å². The smallest absolute Gasteiger partial charge is 0.319 e. The Labute approximate surface area is 169 Å². The highest BCUT2D eigenvalue weighted by atomic mass is 19.1. The second-order valence-corrected chi connectivity index (χ2v) is 7.00. The highest BCUT2D eigenvalue weighted by Crippen LogP contribution is 2.23. The van der Waals surface area contributed by atoms with E-state index in [-0.39, 0.29) is 11.8 Å². The van der Waals surface area contributed by atoms with Crippen LogP contribution in [-0.4, -0.2) is 29.2 Å². The summed E-state index contributed by atoms with van der Waals surface area (Å²) in [5, 5.41) is 11.3. The van der Waals surface area contributed by atoms with E-state index in [0.29, 0.717) is 31.6 Å². The minimum absolute atomic E-state index is 0.0440. The molecule has 1 aliphatic rings. The fraction of sp³-hybridized carbons (Fsp3) is 0.318. The van der Waals surface area contributed by atoms with Gasteiger partial charge in [0, 0.05) is 12.2 Å². The van der Waals surface area contributed by atoms with E-state index in [1.165, 1.54) is 23.2 Å². The van der Waals surface area contributed by atoms with Gasteiger partial charge in [0.15, 0.2) is 0 Å². The predicted octanol–water partition coefficient (Wildman–Crippen LogP) is 4.07. The van der Waals surface area contributed by atoms with Crippen LogP contribution in [0.15, 0.2) is 53.6 Å². The number of hydrogen-bond donors (Lipinski definition) is 2. The van der Waals surface area contributed by atoms with Gasteiger partial charge in [0.2, 0.25) is 0 Å². The summed E-state index contributed by atoms with van der Waals surface area (Å²) in [7, 11) is 0. The van der Waals surface area contributed by atoms with E-state index in [2.05, 4.69) is 15.7 Å². The third-order valence-corrected chi connectivity index (χ3v) is 4.95. The molecule has 3 rings (SSSR count). The van der Waals surface area contributed by atoms with E-state index in [1.807, 2.05) is 38.1 Å². The summed E-state index contributed by atoms with van der Waals surface area (Å²) in [6.07, 6.45) is 1.14. The van der Waals surface area contributed by atoms with E-state index in [1.54, 1.807) is 6.07 Å². The van der Waals surface area contributed by atoms with Gasteiger partial charge in [0.05, 0.1) is 18.2 Å². The molecule has 0 fully saturated rings. The molecule has 29 heavy (non-hydrogen) atoms. The first-order chi connectivity index (χ1) is 14.0. The molecule has 1 heterocycles. The van der Waals surface area contributed by atoms with Gasteiger partial charge in [-0.3, -0.25) is 4.79 Å². The van der Waals surface area contributed by atoms with Gasteiger partial charge in [-0.05, 0) is 49.1 Å². The predicted molar refractivity (Wildman–Crippen MR) is 111 cm³/mol. The molecular formula is C22H25FN4O2. The van der Waals surface area contributed by atoms with Crippen molar-refractivity contribution >= 4 is 23.3 Å². The molecule has 6 nitrogen and oxygen atoms in total. The Kier molecular flexibility index (Phi) is 6.59. The zero-order chi connectivity index (χ0) is 20.8. The zero-order valence-electron chi connectivity index (χ0n) is 16.6. The zero-order valence-corrected chi connectivity index (χ0v) is 16.6. The molecule has 0 saturated carbocycles. The molecule has 0 saturated heterocycles. The molecule has 0 radical (unpaired) electrons. The quantitative estimate of drug-likeness (QED) is 0.740. The maximum atomic E-state index is 13.2. The minimum atomic E-state index is -0.437. The summed E-state index contributed by atoms with van der Waals surface area (Å²) in [5.74, 6) is -0.798. The van der Waals surface area contributed by atoms with E-state index in [0.717, 1.165) is 16.8 Å². The van der Waals surface area contributed by atoms with E-state index >= 15 is 0 Å². The number of nitrogens with zero attached hydrogens (tertiary/aromatic N) is 2. The van der Waals surface area contributed by atoms with Crippen LogP contribution in [0.1, 0.15) is 30.9 Å². The van der Waals surface area contributed by atoms with Crippen molar-refractivity contribution < 1.29 is 14.0 Å². The van der Waals surface area contributed by atoms with Gasteiger partial charge in [-0.1, -0.05) is 37.3 Å². The van der Waals surface area contributed by atoms with Gasteiger partial charge in [-0.25, -0.2) is 14.2 Å². The maximum Gasteiger partial charge on any atom is 0.319 e. The third kappa shape index (κ3) is 5.19. The summed E-state index contributed by atoms with van der Waals surface area (Å²) in [6.45, 7) is 4.74. The first kappa shape index (κ1) is 20.5. The molecule has 1 aliphatic heterocycles. The van der Waals surface area contributed by atoms with Crippen LogP contribution in [0.4, 0.5) is 14.9 Å². The first-order valence-corrected chi connectivity index (χ1v) is 9.71. The van der Waals surface area contributed by atoms with Crippen molar-refractivity contribution in [2.75, 3.05) is 11.9 Å². The van der Waals surface area contributed by atoms with Crippen LogP contribution < -0.4 is 10.6 Å². The van der Waals surface area contributed by atoms with Gasteiger partial charge in [-0.2, -0.15) is 5.10 Å². The highest BCUT2D eigenvalue weighted by Gasteiger charge is 2.34. The van der Waals surface area contributed by atoms with Crippen LogP contribution in [0.3, 0.4) is 0 Å². The Morgan fingerprint density at radius 1 is 1.21 bits per heavy atom. The second-order valence-electron chi connectivity index (χ2n) is 7.00. The normalized spacial score (nSPS) is 16.0. The van der Waals surface area contributed by atoms with Crippen LogP contribution in [0.5, 0.6) is 0 Å². The van der Waals surface area contributed by atoms with Crippen molar-refractivity contribution in [3.05, 3.63) is 65.5 Å². The lowest BCUT2D eigenvalue weighted by Gasteiger charge is -2.16. The standard InChI is InChI=1S/C22H25FN4O2/c1-3-20-19(11-12-24-22(29)25-18-10-6-9-17(23)13-18)21(28)27(26-20)14-16-8-5-4-7-15(16)2/h4-10,13,19H,3,11-12,14H2,1-2H3,(H2,24,25,29)/t19-/m0/s1. The van der Waals surface area contributed by atoms with Gasteiger partial charge in [0.25, 0.3) is 5.91 Å². The van der Waals surface area contributed by atoms with Crippen molar-refractivity contribution in [2.24, 2.45) is 11.0 Å². The molecule has 0 aromatic heterocycles. The van der Waals surface area contributed by atoms with E-state index in [4.69, 9.17) is 0 Å². The summed E-state index contributed by atoms with van der Waals surface area (Å²) < 4.78 is 13.2. The summed E-state index contributed by atoms with van der Waals surface area (Å²) in [6, 6.07) is 13.2. The molecule has 2 aromatic rings. The van der Waals surface area contributed by atoms with Crippen LogP contribution in [0.2, 0.25) is 0 Å². The van der Waals surface area contributed by atoms with Crippen molar-refractivity contribution in [3.8, 4) is 0 Å². The molecule has 152 valence electrons. The largest absolute Gasteiger partial charge is 0.338 e. The van der Waals surface area contributed by atoms with Crippen LogP contribution in [0.25, 0.3) is 0 Å². The Morgan fingerprint density at radius 2 is 2.00 bits per heavy atom. The molecule has 0 spiro atoms. The SMILES string of the molecule is CCC1=NN(Cc2ccccc2C)C(=O)[C@H]1CCNC(=O)Nc1cccc(F)c1. The number of hydrogen-bond acceptors (Lipinski definition) is 3. The third-order valence-electron chi connectivity index (χ3n) is 4.95. The molecule has 0 bridgehead atoms. The number of aryl methyl sites for hydroxylation is 1. The second kappa shape index (κ2) is 9.32. The summed E-state index contributed by atoms with van der Waals surface area (Å²) in [5.41, 5.74) is 3.39. The molecule has 2 aromatic carbocycles. The number of amides is 3. The molecule has 0 unspecified atom stereocenters. The minimum Gasteiger partial charge on any atom is -0.338 e. The highest BCUT2D eigenvalue weighted by molar-refractivity contribution is 6.07. The summed E-state index contributed by atoms with van der Waals surface area (Å²) in [4.78, 5) is 24.8. The lowest BCUT2D eigenvalue weighted by molar-refractivity contribution is -0.132. The molecule has 0 aliphatic carbocycles. The molecule has 2 N–H and O–H groups in total. The fourth-order valence-electron chi connectivity index (χ4n) is 3.34. The monoisotopic (exact) mass is 396 g/mol. The lowest BCUT2D eigenvalue weighted by atomic mass is 9.97. The number of hydrazone groups is 1. The van der Waals surface area contributed by atoms with Crippen molar-refractivity contribution in [2.45, 2.75) is 33.2 Å². The number of urea groups is 1. The number of anilines is 1. The van der Waals surface area contributed by atoms with Crippen LogP contribution >= 0.6 is 0 Å². The van der Waals surface area contributed by atoms with Crippen molar-refractivity contribution in [1.29, 1.82) is 0 Å². The number of carbonyl (C=O) groups excluding carboxylic acids is 2. The number of halogens is 1. The lowest BCUT2D eigenvalue weighted by Crippen LogP contribution is -2.34. The maximum absolute atomic E-state index is 13.2. The van der Waals surface area contributed by atoms with Gasteiger partial charge >= 0.3 is 6.03 Å². The average molecular weight is 396 g/mol. The Morgan fingerprint density at radius 3 is 2.72 bits per heavy atom. The van der Waals surface area contributed by atoms with Gasteiger partial charge in [-0.15, -0.1) is 0 Å². The fourth-order valence-corrected chi connectivity index (χ4v) is 3.34. The number of nitrogens with one attached hydrogen (secondary N) is 2. The molecule has 1 atom stereocenters.